The van der Waals surface area contributed by atoms with E-state index in [4.69, 9.17) is 5.14 Å². The van der Waals surface area contributed by atoms with Gasteiger partial charge in [0.15, 0.2) is 0 Å². The molecular weight excluding hydrogens is 364 g/mol. The molecule has 0 fully saturated rings. The normalized spacial score (nSPS) is 11.4. The molecule has 3 aromatic rings. The predicted molar refractivity (Wildman–Crippen MR) is 106 cm³/mol. The van der Waals surface area contributed by atoms with E-state index in [0.717, 1.165) is 21.9 Å². The van der Waals surface area contributed by atoms with Gasteiger partial charge in [-0.2, -0.15) is 0 Å². The van der Waals surface area contributed by atoms with Crippen molar-refractivity contribution in [3.05, 3.63) is 54.2 Å². The Kier molecular flexibility index (Phi) is 5.11. The van der Waals surface area contributed by atoms with Crippen LogP contribution in [0, 0.1) is 6.92 Å². The van der Waals surface area contributed by atoms with E-state index in [9.17, 15) is 13.2 Å². The van der Waals surface area contributed by atoms with Crippen LogP contribution in [0.25, 0.3) is 21.9 Å². The van der Waals surface area contributed by atoms with Gasteiger partial charge in [-0.05, 0) is 54.1 Å². The molecule has 7 nitrogen and oxygen atoms in total. The van der Waals surface area contributed by atoms with Crippen molar-refractivity contribution in [1.29, 1.82) is 0 Å². The van der Waals surface area contributed by atoms with E-state index in [1.165, 1.54) is 12.1 Å². The van der Waals surface area contributed by atoms with Crippen LogP contribution in [0.4, 0.5) is 10.6 Å². The second-order valence-corrected chi connectivity index (χ2v) is 7.66. The summed E-state index contributed by atoms with van der Waals surface area (Å²) in [6, 6.07) is 11.8. The van der Waals surface area contributed by atoms with Crippen molar-refractivity contribution >= 4 is 32.6 Å². The Balaban J connectivity index is 2.15. The lowest BCUT2D eigenvalue weighted by Crippen LogP contribution is -2.28. The lowest BCUT2D eigenvalue weighted by molar-refractivity contribution is 0.252. The fourth-order valence-electron chi connectivity index (χ4n) is 2.86. The van der Waals surface area contributed by atoms with Crippen LogP contribution < -0.4 is 15.8 Å². The maximum absolute atomic E-state index is 11.8. The molecule has 2 aromatic carbocycles. The number of fused-ring (bicyclic) bond motifs is 1. The van der Waals surface area contributed by atoms with Gasteiger partial charge in [-0.15, -0.1) is 0 Å². The number of nitrogens with zero attached hydrogens (tertiary/aromatic N) is 1. The number of sulfonamides is 1. The van der Waals surface area contributed by atoms with Crippen LogP contribution in [0.2, 0.25) is 0 Å². The number of benzene rings is 2. The van der Waals surface area contributed by atoms with Gasteiger partial charge in [0.1, 0.15) is 5.82 Å². The molecule has 0 aliphatic heterocycles. The van der Waals surface area contributed by atoms with Crippen LogP contribution >= 0.6 is 0 Å². The quantitative estimate of drug-likeness (QED) is 0.641. The summed E-state index contributed by atoms with van der Waals surface area (Å²) in [4.78, 5) is 16.1. The summed E-state index contributed by atoms with van der Waals surface area (Å²) >= 11 is 0. The van der Waals surface area contributed by atoms with Crippen LogP contribution in [0.1, 0.15) is 12.5 Å². The summed E-state index contributed by atoms with van der Waals surface area (Å²) in [5.41, 5.74) is 2.55. The molecule has 0 atom stereocenters. The standard InChI is InChI=1S/C19H20N4O3S/c1-3-21-19(24)23-18-10-16-15(8-7-12(2)17(16)11-22-18)13-5-4-6-14(9-13)27(20,25)26/h4-11H,3H2,1-2H3,(H2,20,25,26)(H2,21,22,23,24). The Labute approximate surface area is 157 Å². The van der Waals surface area contributed by atoms with E-state index in [1.807, 2.05) is 32.0 Å². The maximum atomic E-state index is 11.8. The molecule has 0 unspecified atom stereocenters. The van der Waals surface area contributed by atoms with E-state index in [2.05, 4.69) is 15.6 Å². The summed E-state index contributed by atoms with van der Waals surface area (Å²) in [7, 11) is -3.80. The number of nitrogens with one attached hydrogen (secondary N) is 2. The number of rotatable bonds is 4. The minimum Gasteiger partial charge on any atom is -0.338 e. The molecule has 0 bridgehead atoms. The molecule has 8 heteroatoms. The van der Waals surface area contributed by atoms with Gasteiger partial charge in [-0.25, -0.2) is 23.3 Å². The highest BCUT2D eigenvalue weighted by molar-refractivity contribution is 7.89. The Morgan fingerprint density at radius 3 is 2.63 bits per heavy atom. The number of hydrogen-bond acceptors (Lipinski definition) is 4. The highest BCUT2D eigenvalue weighted by Crippen LogP contribution is 2.32. The Morgan fingerprint density at radius 2 is 1.93 bits per heavy atom. The van der Waals surface area contributed by atoms with Gasteiger partial charge in [0.05, 0.1) is 4.90 Å². The van der Waals surface area contributed by atoms with Crippen LogP contribution in [0.15, 0.2) is 53.6 Å². The van der Waals surface area contributed by atoms with Gasteiger partial charge < -0.3 is 5.32 Å². The van der Waals surface area contributed by atoms with E-state index < -0.39 is 10.0 Å². The number of aryl methyl sites for hydroxylation is 1. The summed E-state index contributed by atoms with van der Waals surface area (Å²) in [5.74, 6) is 0.405. The van der Waals surface area contributed by atoms with Crippen molar-refractivity contribution in [2.75, 3.05) is 11.9 Å². The van der Waals surface area contributed by atoms with Crippen molar-refractivity contribution in [3.63, 3.8) is 0 Å². The molecule has 2 amide bonds. The van der Waals surface area contributed by atoms with Gasteiger partial charge in [-0.1, -0.05) is 24.3 Å². The van der Waals surface area contributed by atoms with Crippen LogP contribution in [-0.4, -0.2) is 26.0 Å². The van der Waals surface area contributed by atoms with Gasteiger partial charge in [0.2, 0.25) is 10.0 Å². The summed E-state index contributed by atoms with van der Waals surface area (Å²) in [6.45, 7) is 4.29. The minimum absolute atomic E-state index is 0.0449. The van der Waals surface area contributed by atoms with Crippen LogP contribution in [0.5, 0.6) is 0 Å². The summed E-state index contributed by atoms with van der Waals surface area (Å²) in [6.07, 6.45) is 1.69. The van der Waals surface area contributed by atoms with Gasteiger partial charge in [0, 0.05) is 18.1 Å². The molecule has 0 radical (unpaired) electrons. The number of primary sulfonamides is 1. The highest BCUT2D eigenvalue weighted by Gasteiger charge is 2.12. The Bertz CT molecular complexity index is 1130. The number of amides is 2. The molecule has 4 N–H and O–H groups in total. The lowest BCUT2D eigenvalue weighted by atomic mass is 9.96. The molecule has 0 aliphatic carbocycles. The average Bonchev–Trinajstić information content (AvgIpc) is 2.61. The van der Waals surface area contributed by atoms with Crippen LogP contribution in [0.3, 0.4) is 0 Å². The lowest BCUT2D eigenvalue weighted by Gasteiger charge is -2.12. The van der Waals surface area contributed by atoms with E-state index in [0.29, 0.717) is 17.9 Å². The molecule has 27 heavy (non-hydrogen) atoms. The van der Waals surface area contributed by atoms with Crippen LogP contribution in [-0.2, 0) is 10.0 Å². The number of carbonyl (C=O) groups excluding carboxylic acids is 1. The highest BCUT2D eigenvalue weighted by atomic mass is 32.2. The number of pyridine rings is 1. The first-order chi connectivity index (χ1) is 12.8. The Hall–Kier alpha value is -2.97. The largest absolute Gasteiger partial charge is 0.338 e. The zero-order valence-corrected chi connectivity index (χ0v) is 15.8. The molecule has 140 valence electrons. The number of aromatic nitrogens is 1. The first kappa shape index (κ1) is 18.8. The van der Waals surface area contributed by atoms with E-state index in [1.54, 1.807) is 18.3 Å². The fourth-order valence-corrected chi connectivity index (χ4v) is 3.42. The SMILES string of the molecule is CCNC(=O)Nc1cc2c(-c3cccc(S(N)(=O)=O)c3)ccc(C)c2cn1. The van der Waals surface area contributed by atoms with Crippen molar-refractivity contribution in [1.82, 2.24) is 10.3 Å². The molecule has 0 aliphatic rings. The van der Waals surface area contributed by atoms with E-state index >= 15 is 0 Å². The molecule has 1 heterocycles. The molecule has 0 saturated heterocycles. The van der Waals surface area contributed by atoms with Crippen molar-refractivity contribution in [2.24, 2.45) is 5.14 Å². The number of hydrogen-bond donors (Lipinski definition) is 3. The smallest absolute Gasteiger partial charge is 0.320 e. The molecule has 1 aromatic heterocycles. The zero-order chi connectivity index (χ0) is 19.6. The molecular formula is C19H20N4O3S. The molecule has 3 rings (SSSR count). The van der Waals surface area contributed by atoms with Gasteiger partial charge in [0.25, 0.3) is 0 Å². The maximum Gasteiger partial charge on any atom is 0.320 e. The van der Waals surface area contributed by atoms with Gasteiger partial charge >= 0.3 is 6.03 Å². The first-order valence-electron chi connectivity index (χ1n) is 8.37. The third kappa shape index (κ3) is 4.07. The Morgan fingerprint density at radius 1 is 1.15 bits per heavy atom. The first-order valence-corrected chi connectivity index (χ1v) is 9.91. The fraction of sp³-hybridized carbons (Fsp3) is 0.158. The second kappa shape index (κ2) is 7.34. The number of carbonyl (C=O) groups is 1. The number of anilines is 1. The third-order valence-electron chi connectivity index (χ3n) is 4.17. The second-order valence-electron chi connectivity index (χ2n) is 6.10. The van der Waals surface area contributed by atoms with Crippen molar-refractivity contribution < 1.29 is 13.2 Å². The molecule has 0 saturated carbocycles. The third-order valence-corrected chi connectivity index (χ3v) is 5.08. The topological polar surface area (TPSA) is 114 Å². The summed E-state index contributed by atoms with van der Waals surface area (Å²) < 4.78 is 23.4. The summed E-state index contributed by atoms with van der Waals surface area (Å²) in [5, 5.41) is 12.4. The minimum atomic E-state index is -3.80. The van der Waals surface area contributed by atoms with Crippen molar-refractivity contribution in [2.45, 2.75) is 18.7 Å². The molecule has 0 spiro atoms. The number of nitrogens with two attached hydrogens (primary N) is 1. The van der Waals surface area contributed by atoms with Gasteiger partial charge in [-0.3, -0.25) is 5.32 Å². The average molecular weight is 384 g/mol. The number of urea groups is 1. The predicted octanol–water partition coefficient (Wildman–Crippen LogP) is 3.00. The zero-order valence-electron chi connectivity index (χ0n) is 15.0. The van der Waals surface area contributed by atoms with Crippen molar-refractivity contribution in [3.8, 4) is 11.1 Å². The van der Waals surface area contributed by atoms with E-state index in [-0.39, 0.29) is 10.9 Å². The monoisotopic (exact) mass is 384 g/mol.